The quantitative estimate of drug-likeness (QED) is 0.733. The van der Waals surface area contributed by atoms with Crippen LogP contribution in [0, 0.1) is 0 Å². The Labute approximate surface area is 90.1 Å². The van der Waals surface area contributed by atoms with Crippen molar-refractivity contribution < 1.29 is 4.79 Å². The van der Waals surface area contributed by atoms with E-state index in [-0.39, 0.29) is 5.91 Å². The third-order valence-electron chi connectivity index (χ3n) is 2.79. The summed E-state index contributed by atoms with van der Waals surface area (Å²) >= 11 is 0. The standard InChI is InChI=1S/C12H16N2O/c15-12(14-7-2-1-3-8-14)9-11-5-4-6-13-10-11/h4-6,10H,1-3,7-9H2. The van der Waals surface area contributed by atoms with Crippen molar-refractivity contribution in [3.8, 4) is 0 Å². The van der Waals surface area contributed by atoms with Gasteiger partial charge in [-0.2, -0.15) is 0 Å². The first-order valence-corrected chi connectivity index (χ1v) is 5.53. The highest BCUT2D eigenvalue weighted by Gasteiger charge is 2.16. The molecule has 0 radical (unpaired) electrons. The third kappa shape index (κ3) is 2.78. The van der Waals surface area contributed by atoms with Crippen LogP contribution in [-0.4, -0.2) is 28.9 Å². The molecule has 15 heavy (non-hydrogen) atoms. The number of carbonyl (C=O) groups excluding carboxylic acids is 1. The lowest BCUT2D eigenvalue weighted by molar-refractivity contribution is -0.131. The minimum atomic E-state index is 0.239. The highest BCUT2D eigenvalue weighted by atomic mass is 16.2. The smallest absolute Gasteiger partial charge is 0.227 e. The Morgan fingerprint density at radius 3 is 2.80 bits per heavy atom. The number of pyridine rings is 1. The molecule has 1 fully saturated rings. The molecule has 1 saturated heterocycles. The van der Waals surface area contributed by atoms with Gasteiger partial charge in [0.25, 0.3) is 0 Å². The van der Waals surface area contributed by atoms with E-state index in [1.807, 2.05) is 17.0 Å². The topological polar surface area (TPSA) is 33.2 Å². The maximum absolute atomic E-state index is 11.9. The van der Waals surface area contributed by atoms with Crippen LogP contribution in [0.1, 0.15) is 24.8 Å². The van der Waals surface area contributed by atoms with Gasteiger partial charge >= 0.3 is 0 Å². The van der Waals surface area contributed by atoms with E-state index in [0.717, 1.165) is 31.5 Å². The van der Waals surface area contributed by atoms with Crippen LogP contribution in [0.4, 0.5) is 0 Å². The summed E-state index contributed by atoms with van der Waals surface area (Å²) in [6.45, 7) is 1.86. The molecule has 80 valence electrons. The summed E-state index contributed by atoms with van der Waals surface area (Å²) < 4.78 is 0. The van der Waals surface area contributed by atoms with Crippen molar-refractivity contribution in [2.75, 3.05) is 13.1 Å². The second-order valence-electron chi connectivity index (χ2n) is 3.98. The third-order valence-corrected chi connectivity index (χ3v) is 2.79. The summed E-state index contributed by atoms with van der Waals surface area (Å²) in [7, 11) is 0. The fourth-order valence-corrected chi connectivity index (χ4v) is 1.93. The zero-order chi connectivity index (χ0) is 10.5. The molecule has 0 N–H and O–H groups in total. The van der Waals surface area contributed by atoms with Crippen LogP contribution in [0.15, 0.2) is 24.5 Å². The summed E-state index contributed by atoms with van der Waals surface area (Å²) in [6, 6.07) is 3.83. The van der Waals surface area contributed by atoms with E-state index in [4.69, 9.17) is 0 Å². The lowest BCUT2D eigenvalue weighted by Gasteiger charge is -2.26. The van der Waals surface area contributed by atoms with Gasteiger partial charge in [-0.25, -0.2) is 0 Å². The van der Waals surface area contributed by atoms with Crippen molar-refractivity contribution in [2.45, 2.75) is 25.7 Å². The van der Waals surface area contributed by atoms with Crippen molar-refractivity contribution in [3.63, 3.8) is 0 Å². The Balaban J connectivity index is 1.91. The zero-order valence-corrected chi connectivity index (χ0v) is 8.85. The molecule has 0 aliphatic carbocycles. The first-order valence-electron chi connectivity index (χ1n) is 5.53. The molecule has 2 heterocycles. The molecule has 1 aliphatic heterocycles. The van der Waals surface area contributed by atoms with Crippen molar-refractivity contribution in [1.82, 2.24) is 9.88 Å². The Morgan fingerprint density at radius 1 is 1.33 bits per heavy atom. The molecule has 0 atom stereocenters. The second kappa shape index (κ2) is 4.91. The van der Waals surface area contributed by atoms with Gasteiger partial charge in [0, 0.05) is 25.5 Å². The first kappa shape index (κ1) is 10.1. The van der Waals surface area contributed by atoms with Crippen molar-refractivity contribution >= 4 is 5.91 Å². The molecule has 1 aromatic rings. The van der Waals surface area contributed by atoms with Crippen LogP contribution in [-0.2, 0) is 11.2 Å². The maximum atomic E-state index is 11.9. The average Bonchev–Trinajstić information content (AvgIpc) is 2.31. The molecule has 1 aliphatic rings. The largest absolute Gasteiger partial charge is 0.342 e. The molecule has 0 spiro atoms. The van der Waals surface area contributed by atoms with E-state index in [2.05, 4.69) is 4.98 Å². The summed E-state index contributed by atoms with van der Waals surface area (Å²) in [5.74, 6) is 0.239. The van der Waals surface area contributed by atoms with Gasteiger partial charge in [0.05, 0.1) is 6.42 Å². The van der Waals surface area contributed by atoms with Gasteiger partial charge in [-0.15, -0.1) is 0 Å². The van der Waals surface area contributed by atoms with Crippen LogP contribution in [0.3, 0.4) is 0 Å². The second-order valence-corrected chi connectivity index (χ2v) is 3.98. The molecule has 0 aromatic carbocycles. The molecule has 1 amide bonds. The number of hydrogen-bond acceptors (Lipinski definition) is 2. The van der Waals surface area contributed by atoms with Gasteiger partial charge in [0.2, 0.25) is 5.91 Å². The van der Waals surface area contributed by atoms with Gasteiger partial charge in [-0.1, -0.05) is 6.07 Å². The van der Waals surface area contributed by atoms with Crippen LogP contribution in [0.5, 0.6) is 0 Å². The Hall–Kier alpha value is -1.38. The highest BCUT2D eigenvalue weighted by Crippen LogP contribution is 2.10. The highest BCUT2D eigenvalue weighted by molar-refractivity contribution is 5.78. The molecular weight excluding hydrogens is 188 g/mol. The Morgan fingerprint density at radius 2 is 2.13 bits per heavy atom. The number of carbonyl (C=O) groups is 1. The minimum absolute atomic E-state index is 0.239. The molecule has 2 rings (SSSR count). The van der Waals surface area contributed by atoms with Crippen molar-refractivity contribution in [2.24, 2.45) is 0 Å². The fourth-order valence-electron chi connectivity index (χ4n) is 1.93. The van der Waals surface area contributed by atoms with Crippen LogP contribution >= 0.6 is 0 Å². The minimum Gasteiger partial charge on any atom is -0.342 e. The van der Waals surface area contributed by atoms with Crippen LogP contribution < -0.4 is 0 Å². The summed E-state index contributed by atoms with van der Waals surface area (Å²) in [6.07, 6.45) is 7.55. The zero-order valence-electron chi connectivity index (χ0n) is 8.85. The fraction of sp³-hybridized carbons (Fsp3) is 0.500. The monoisotopic (exact) mass is 204 g/mol. The predicted octanol–water partition coefficient (Wildman–Crippen LogP) is 1.64. The number of nitrogens with zero attached hydrogens (tertiary/aromatic N) is 2. The van der Waals surface area contributed by atoms with E-state index < -0.39 is 0 Å². The first-order chi connectivity index (χ1) is 7.36. The van der Waals surface area contributed by atoms with E-state index >= 15 is 0 Å². The number of likely N-dealkylation sites (tertiary alicyclic amines) is 1. The van der Waals surface area contributed by atoms with E-state index in [0.29, 0.717) is 6.42 Å². The lowest BCUT2D eigenvalue weighted by Crippen LogP contribution is -2.36. The van der Waals surface area contributed by atoms with E-state index in [1.165, 1.54) is 6.42 Å². The van der Waals surface area contributed by atoms with Crippen molar-refractivity contribution in [1.29, 1.82) is 0 Å². The number of aromatic nitrogens is 1. The predicted molar refractivity (Wildman–Crippen MR) is 58.4 cm³/mol. The SMILES string of the molecule is O=C(Cc1cccnc1)N1CCCCC1. The van der Waals surface area contributed by atoms with E-state index in [9.17, 15) is 4.79 Å². The molecule has 3 heteroatoms. The molecular formula is C12H16N2O. The van der Waals surface area contributed by atoms with Gasteiger partial charge in [0.1, 0.15) is 0 Å². The molecule has 3 nitrogen and oxygen atoms in total. The van der Waals surface area contributed by atoms with Gasteiger partial charge in [0.15, 0.2) is 0 Å². The maximum Gasteiger partial charge on any atom is 0.227 e. The van der Waals surface area contributed by atoms with Crippen LogP contribution in [0.25, 0.3) is 0 Å². The number of amides is 1. The van der Waals surface area contributed by atoms with Crippen molar-refractivity contribution in [3.05, 3.63) is 30.1 Å². The Bertz CT molecular complexity index is 318. The number of piperidine rings is 1. The van der Waals surface area contributed by atoms with E-state index in [1.54, 1.807) is 12.4 Å². The summed E-state index contributed by atoms with van der Waals surface area (Å²) in [5.41, 5.74) is 1.01. The van der Waals surface area contributed by atoms with Crippen LogP contribution in [0.2, 0.25) is 0 Å². The molecule has 1 aromatic heterocycles. The molecule has 0 bridgehead atoms. The number of rotatable bonds is 2. The normalized spacial score (nSPS) is 16.4. The molecule has 0 unspecified atom stereocenters. The van der Waals surface area contributed by atoms with Gasteiger partial charge in [-0.3, -0.25) is 9.78 Å². The molecule has 0 saturated carbocycles. The average molecular weight is 204 g/mol. The summed E-state index contributed by atoms with van der Waals surface area (Å²) in [5, 5.41) is 0. The van der Waals surface area contributed by atoms with Gasteiger partial charge < -0.3 is 4.90 Å². The lowest BCUT2D eigenvalue weighted by atomic mass is 10.1. The summed E-state index contributed by atoms with van der Waals surface area (Å²) in [4.78, 5) is 17.8. The van der Waals surface area contributed by atoms with Gasteiger partial charge in [-0.05, 0) is 30.9 Å². The Kier molecular flexibility index (Phi) is 3.33. The number of hydrogen-bond donors (Lipinski definition) is 0.